The van der Waals surface area contributed by atoms with Crippen LogP contribution in [-0.4, -0.2) is 25.5 Å². The number of nitrogens with one attached hydrogen (secondary N) is 2. The van der Waals surface area contributed by atoms with Crippen LogP contribution in [-0.2, 0) is 4.79 Å². The highest BCUT2D eigenvalue weighted by molar-refractivity contribution is 6.07. The standard InChI is InChI=1S/C20H19FN2O3/c1-3-12-22-20(25)15-6-4-5-7-17(15)23-19(24)11-9-14-8-10-18(26-2)16(21)13-14/h3-11,13H,1,12H2,2H3,(H,22,25)(H,23,24)/b11-9+. The largest absolute Gasteiger partial charge is 0.494 e. The molecule has 2 rings (SSSR count). The third-order valence-electron chi connectivity index (χ3n) is 3.44. The zero-order valence-corrected chi connectivity index (χ0v) is 14.3. The number of amides is 2. The first-order valence-electron chi connectivity index (χ1n) is 7.86. The maximum atomic E-state index is 13.7. The average Bonchev–Trinajstić information content (AvgIpc) is 2.65. The molecule has 0 aliphatic heterocycles. The van der Waals surface area contributed by atoms with Crippen LogP contribution in [0.3, 0.4) is 0 Å². The topological polar surface area (TPSA) is 67.4 Å². The highest BCUT2D eigenvalue weighted by atomic mass is 19.1. The van der Waals surface area contributed by atoms with E-state index in [4.69, 9.17) is 4.74 Å². The fourth-order valence-corrected chi connectivity index (χ4v) is 2.18. The first-order valence-corrected chi connectivity index (χ1v) is 7.86. The van der Waals surface area contributed by atoms with Gasteiger partial charge in [-0.05, 0) is 35.9 Å². The van der Waals surface area contributed by atoms with Crippen molar-refractivity contribution in [1.82, 2.24) is 5.32 Å². The smallest absolute Gasteiger partial charge is 0.253 e. The van der Waals surface area contributed by atoms with Crippen molar-refractivity contribution in [2.24, 2.45) is 0 Å². The molecule has 134 valence electrons. The summed E-state index contributed by atoms with van der Waals surface area (Å²) >= 11 is 0. The molecule has 26 heavy (non-hydrogen) atoms. The number of carbonyl (C=O) groups is 2. The Balaban J connectivity index is 2.09. The molecule has 0 saturated carbocycles. The van der Waals surface area contributed by atoms with Gasteiger partial charge in [-0.15, -0.1) is 6.58 Å². The Morgan fingerprint density at radius 2 is 2.00 bits per heavy atom. The quantitative estimate of drug-likeness (QED) is 0.591. The Morgan fingerprint density at radius 3 is 2.69 bits per heavy atom. The van der Waals surface area contributed by atoms with Gasteiger partial charge >= 0.3 is 0 Å². The fraction of sp³-hybridized carbons (Fsp3) is 0.100. The third-order valence-corrected chi connectivity index (χ3v) is 3.44. The van der Waals surface area contributed by atoms with Gasteiger partial charge in [0.05, 0.1) is 18.4 Å². The average molecular weight is 354 g/mol. The van der Waals surface area contributed by atoms with Gasteiger partial charge in [-0.3, -0.25) is 9.59 Å². The Labute approximate surface area is 151 Å². The van der Waals surface area contributed by atoms with Crippen molar-refractivity contribution in [1.29, 1.82) is 0 Å². The monoisotopic (exact) mass is 354 g/mol. The number of benzene rings is 2. The normalized spacial score (nSPS) is 10.4. The molecule has 2 N–H and O–H groups in total. The zero-order chi connectivity index (χ0) is 18.9. The summed E-state index contributed by atoms with van der Waals surface area (Å²) < 4.78 is 18.5. The summed E-state index contributed by atoms with van der Waals surface area (Å²) in [5, 5.41) is 5.30. The molecule has 2 aromatic rings. The third kappa shape index (κ3) is 5.04. The predicted molar refractivity (Wildman–Crippen MR) is 99.6 cm³/mol. The molecule has 0 bridgehead atoms. The van der Waals surface area contributed by atoms with Gasteiger partial charge in [-0.25, -0.2) is 4.39 Å². The Kier molecular flexibility index (Phi) is 6.68. The molecule has 0 radical (unpaired) electrons. The predicted octanol–water partition coefficient (Wildman–Crippen LogP) is 3.40. The lowest BCUT2D eigenvalue weighted by atomic mass is 10.1. The number of hydrogen-bond donors (Lipinski definition) is 2. The molecule has 2 aromatic carbocycles. The zero-order valence-electron chi connectivity index (χ0n) is 14.3. The number of para-hydroxylation sites is 1. The van der Waals surface area contributed by atoms with Crippen molar-refractivity contribution < 1.29 is 18.7 Å². The molecule has 2 amide bonds. The van der Waals surface area contributed by atoms with E-state index in [1.807, 2.05) is 0 Å². The highest BCUT2D eigenvalue weighted by Crippen LogP contribution is 2.19. The van der Waals surface area contributed by atoms with Crippen LogP contribution in [0.15, 0.2) is 61.2 Å². The van der Waals surface area contributed by atoms with Gasteiger partial charge in [-0.2, -0.15) is 0 Å². The van der Waals surface area contributed by atoms with Crippen molar-refractivity contribution in [3.63, 3.8) is 0 Å². The molecule has 5 nitrogen and oxygen atoms in total. The van der Waals surface area contributed by atoms with E-state index < -0.39 is 11.7 Å². The summed E-state index contributed by atoms with van der Waals surface area (Å²) in [5.41, 5.74) is 1.23. The number of methoxy groups -OCH3 is 1. The molecule has 0 heterocycles. The number of carbonyl (C=O) groups excluding carboxylic acids is 2. The Bertz CT molecular complexity index is 847. The van der Waals surface area contributed by atoms with Crippen molar-refractivity contribution >= 4 is 23.6 Å². The first-order chi connectivity index (χ1) is 12.5. The lowest BCUT2D eigenvalue weighted by Crippen LogP contribution is -2.24. The van der Waals surface area contributed by atoms with Crippen molar-refractivity contribution in [3.05, 3.63) is 78.1 Å². The first kappa shape index (κ1) is 18.9. The molecular weight excluding hydrogens is 335 g/mol. The number of anilines is 1. The lowest BCUT2D eigenvalue weighted by Gasteiger charge is -2.09. The van der Waals surface area contributed by atoms with E-state index in [1.54, 1.807) is 36.4 Å². The van der Waals surface area contributed by atoms with Gasteiger partial charge in [0.1, 0.15) is 0 Å². The van der Waals surface area contributed by atoms with Crippen LogP contribution in [0, 0.1) is 5.82 Å². The van der Waals surface area contributed by atoms with Gasteiger partial charge in [0.25, 0.3) is 5.91 Å². The summed E-state index contributed by atoms with van der Waals surface area (Å²) in [4.78, 5) is 24.2. The molecule has 0 aliphatic carbocycles. The minimum absolute atomic E-state index is 0.131. The van der Waals surface area contributed by atoms with E-state index >= 15 is 0 Å². The minimum Gasteiger partial charge on any atom is -0.494 e. The van der Waals surface area contributed by atoms with Crippen LogP contribution >= 0.6 is 0 Å². The summed E-state index contributed by atoms with van der Waals surface area (Å²) in [6.45, 7) is 3.86. The van der Waals surface area contributed by atoms with Crippen molar-refractivity contribution in [3.8, 4) is 5.75 Å². The van der Waals surface area contributed by atoms with Gasteiger partial charge < -0.3 is 15.4 Å². The van der Waals surface area contributed by atoms with Gasteiger partial charge in [-0.1, -0.05) is 24.3 Å². The second-order valence-electron chi connectivity index (χ2n) is 5.26. The second-order valence-corrected chi connectivity index (χ2v) is 5.26. The Hall–Kier alpha value is -3.41. The highest BCUT2D eigenvalue weighted by Gasteiger charge is 2.11. The lowest BCUT2D eigenvalue weighted by molar-refractivity contribution is -0.111. The number of ether oxygens (including phenoxy) is 1. The van der Waals surface area contributed by atoms with Crippen LogP contribution in [0.1, 0.15) is 15.9 Å². The molecule has 6 heteroatoms. The molecule has 0 aromatic heterocycles. The van der Waals surface area contributed by atoms with E-state index in [2.05, 4.69) is 17.2 Å². The van der Waals surface area contributed by atoms with Gasteiger partial charge in [0.15, 0.2) is 11.6 Å². The Morgan fingerprint density at radius 1 is 1.23 bits per heavy atom. The van der Waals surface area contributed by atoms with E-state index in [0.717, 1.165) is 0 Å². The fourth-order valence-electron chi connectivity index (χ4n) is 2.18. The van der Waals surface area contributed by atoms with Crippen LogP contribution in [0.25, 0.3) is 6.08 Å². The number of rotatable bonds is 7. The van der Waals surface area contributed by atoms with Crippen LogP contribution < -0.4 is 15.4 Å². The molecule has 0 aliphatic rings. The minimum atomic E-state index is -0.515. The van der Waals surface area contributed by atoms with Crippen molar-refractivity contribution in [2.45, 2.75) is 0 Å². The summed E-state index contributed by atoms with van der Waals surface area (Å²) in [5.74, 6) is -1.14. The van der Waals surface area contributed by atoms with E-state index in [9.17, 15) is 14.0 Å². The summed E-state index contributed by atoms with van der Waals surface area (Å²) in [6, 6.07) is 11.0. The molecule has 0 atom stereocenters. The van der Waals surface area contributed by atoms with Gasteiger partial charge in [0, 0.05) is 12.6 Å². The molecule has 0 spiro atoms. The molecular formula is C20H19FN2O3. The second kappa shape index (κ2) is 9.17. The molecule has 0 fully saturated rings. The van der Waals surface area contributed by atoms with E-state index in [1.165, 1.54) is 31.4 Å². The van der Waals surface area contributed by atoms with Crippen molar-refractivity contribution in [2.75, 3.05) is 19.0 Å². The summed E-state index contributed by atoms with van der Waals surface area (Å²) in [7, 11) is 1.38. The molecule has 0 unspecified atom stereocenters. The van der Waals surface area contributed by atoms with Gasteiger partial charge in [0.2, 0.25) is 5.91 Å². The number of hydrogen-bond acceptors (Lipinski definition) is 3. The maximum Gasteiger partial charge on any atom is 0.253 e. The summed E-state index contributed by atoms with van der Waals surface area (Å²) in [6.07, 6.45) is 4.30. The molecule has 0 saturated heterocycles. The maximum absolute atomic E-state index is 13.7. The van der Waals surface area contributed by atoms with E-state index in [0.29, 0.717) is 23.4 Å². The van der Waals surface area contributed by atoms with E-state index in [-0.39, 0.29) is 11.7 Å². The SMILES string of the molecule is C=CCNC(=O)c1ccccc1NC(=O)/C=C/c1ccc(OC)c(F)c1. The number of halogens is 1. The van der Waals surface area contributed by atoms with Crippen LogP contribution in [0.4, 0.5) is 10.1 Å². The van der Waals surface area contributed by atoms with Crippen LogP contribution in [0.2, 0.25) is 0 Å². The van der Waals surface area contributed by atoms with Crippen LogP contribution in [0.5, 0.6) is 5.75 Å².